The Balaban J connectivity index is 1.69. The SMILES string of the molecule is Cc1ccc(C)c(OCCC(=O)N(C)CCOc2ccccc2)c1. The van der Waals surface area contributed by atoms with E-state index in [4.69, 9.17) is 9.47 Å². The first-order chi connectivity index (χ1) is 11.6. The minimum absolute atomic E-state index is 0.0527. The third kappa shape index (κ3) is 5.61. The number of amides is 1. The van der Waals surface area contributed by atoms with Crippen LogP contribution in [0.1, 0.15) is 17.5 Å². The fourth-order valence-corrected chi connectivity index (χ4v) is 2.24. The second-order valence-electron chi connectivity index (χ2n) is 5.84. The first-order valence-corrected chi connectivity index (χ1v) is 8.18. The lowest BCUT2D eigenvalue weighted by atomic mass is 10.1. The van der Waals surface area contributed by atoms with E-state index in [1.807, 2.05) is 62.4 Å². The Labute approximate surface area is 144 Å². The minimum atomic E-state index is 0.0527. The van der Waals surface area contributed by atoms with Gasteiger partial charge in [-0.3, -0.25) is 4.79 Å². The molecule has 0 aromatic heterocycles. The van der Waals surface area contributed by atoms with Gasteiger partial charge in [0.05, 0.1) is 19.6 Å². The molecule has 2 aromatic carbocycles. The Morgan fingerprint density at radius 3 is 2.50 bits per heavy atom. The quantitative estimate of drug-likeness (QED) is 0.743. The molecule has 0 spiro atoms. The van der Waals surface area contributed by atoms with Gasteiger partial charge in [-0.1, -0.05) is 30.3 Å². The highest BCUT2D eigenvalue weighted by atomic mass is 16.5. The maximum absolute atomic E-state index is 12.1. The van der Waals surface area contributed by atoms with Crippen LogP contribution in [0.5, 0.6) is 11.5 Å². The van der Waals surface area contributed by atoms with Gasteiger partial charge >= 0.3 is 0 Å². The minimum Gasteiger partial charge on any atom is -0.493 e. The molecule has 1 amide bonds. The number of nitrogens with zero attached hydrogens (tertiary/aromatic N) is 1. The number of aryl methyl sites for hydroxylation is 2. The molecule has 0 aliphatic heterocycles. The Morgan fingerprint density at radius 2 is 1.75 bits per heavy atom. The van der Waals surface area contributed by atoms with Crippen LogP contribution < -0.4 is 9.47 Å². The van der Waals surface area contributed by atoms with Crippen molar-refractivity contribution in [2.45, 2.75) is 20.3 Å². The van der Waals surface area contributed by atoms with E-state index in [1.54, 1.807) is 11.9 Å². The number of para-hydroxylation sites is 1. The lowest BCUT2D eigenvalue weighted by Gasteiger charge is -2.18. The summed E-state index contributed by atoms with van der Waals surface area (Å²) >= 11 is 0. The number of carbonyl (C=O) groups excluding carboxylic acids is 1. The van der Waals surface area contributed by atoms with Crippen molar-refractivity contribution < 1.29 is 14.3 Å². The van der Waals surface area contributed by atoms with E-state index in [0.717, 1.165) is 22.6 Å². The molecule has 0 bridgehead atoms. The highest BCUT2D eigenvalue weighted by Gasteiger charge is 2.09. The topological polar surface area (TPSA) is 38.8 Å². The van der Waals surface area contributed by atoms with Crippen LogP contribution >= 0.6 is 0 Å². The first-order valence-electron chi connectivity index (χ1n) is 8.18. The van der Waals surface area contributed by atoms with E-state index in [2.05, 4.69) is 0 Å². The van der Waals surface area contributed by atoms with E-state index in [9.17, 15) is 4.79 Å². The highest BCUT2D eigenvalue weighted by molar-refractivity contribution is 5.76. The van der Waals surface area contributed by atoms with Crippen molar-refractivity contribution in [3.05, 3.63) is 59.7 Å². The fraction of sp³-hybridized carbons (Fsp3) is 0.350. The van der Waals surface area contributed by atoms with Gasteiger partial charge in [0.25, 0.3) is 0 Å². The van der Waals surface area contributed by atoms with Crippen molar-refractivity contribution in [2.75, 3.05) is 26.8 Å². The zero-order valence-electron chi connectivity index (χ0n) is 14.6. The number of carbonyl (C=O) groups is 1. The Hall–Kier alpha value is -2.49. The summed E-state index contributed by atoms with van der Waals surface area (Å²) in [5.41, 5.74) is 2.23. The van der Waals surface area contributed by atoms with Gasteiger partial charge in [0, 0.05) is 7.05 Å². The van der Waals surface area contributed by atoms with Crippen LogP contribution in [0.4, 0.5) is 0 Å². The number of rotatable bonds is 8. The average molecular weight is 327 g/mol. The molecule has 2 aromatic rings. The number of benzene rings is 2. The molecule has 0 unspecified atom stereocenters. The maximum Gasteiger partial charge on any atom is 0.225 e. The fourth-order valence-electron chi connectivity index (χ4n) is 2.24. The van der Waals surface area contributed by atoms with Gasteiger partial charge in [-0.05, 0) is 43.2 Å². The molecule has 0 aliphatic carbocycles. The van der Waals surface area contributed by atoms with E-state index >= 15 is 0 Å². The van der Waals surface area contributed by atoms with Gasteiger partial charge < -0.3 is 14.4 Å². The predicted octanol–water partition coefficient (Wildman–Crippen LogP) is 3.61. The summed E-state index contributed by atoms with van der Waals surface area (Å²) in [7, 11) is 1.79. The van der Waals surface area contributed by atoms with Gasteiger partial charge in [0.1, 0.15) is 18.1 Å². The molecular formula is C20H25NO3. The lowest BCUT2D eigenvalue weighted by Crippen LogP contribution is -2.31. The molecule has 0 aliphatic rings. The molecule has 24 heavy (non-hydrogen) atoms. The largest absolute Gasteiger partial charge is 0.493 e. The summed E-state index contributed by atoms with van der Waals surface area (Å²) in [5.74, 6) is 1.71. The smallest absolute Gasteiger partial charge is 0.225 e. The third-order valence-electron chi connectivity index (χ3n) is 3.78. The maximum atomic E-state index is 12.1. The Morgan fingerprint density at radius 1 is 1.00 bits per heavy atom. The van der Waals surface area contributed by atoms with Crippen molar-refractivity contribution in [3.8, 4) is 11.5 Å². The van der Waals surface area contributed by atoms with Crippen molar-refractivity contribution >= 4 is 5.91 Å². The van der Waals surface area contributed by atoms with E-state index in [1.165, 1.54) is 0 Å². The second-order valence-corrected chi connectivity index (χ2v) is 5.84. The number of hydrogen-bond acceptors (Lipinski definition) is 3. The molecule has 0 saturated heterocycles. The summed E-state index contributed by atoms with van der Waals surface area (Å²) < 4.78 is 11.3. The van der Waals surface area contributed by atoms with Crippen LogP contribution in [0.2, 0.25) is 0 Å². The van der Waals surface area contributed by atoms with Gasteiger partial charge in [-0.2, -0.15) is 0 Å². The Kier molecular flexibility index (Phi) is 6.67. The third-order valence-corrected chi connectivity index (χ3v) is 3.78. The first kappa shape index (κ1) is 17.9. The average Bonchev–Trinajstić information content (AvgIpc) is 2.58. The summed E-state index contributed by atoms with van der Waals surface area (Å²) in [6.07, 6.45) is 0.356. The van der Waals surface area contributed by atoms with Crippen LogP contribution in [0.15, 0.2) is 48.5 Å². The van der Waals surface area contributed by atoms with Crippen LogP contribution in [-0.2, 0) is 4.79 Å². The zero-order chi connectivity index (χ0) is 17.4. The predicted molar refractivity (Wildman–Crippen MR) is 95.6 cm³/mol. The van der Waals surface area contributed by atoms with Gasteiger partial charge in [0.2, 0.25) is 5.91 Å². The van der Waals surface area contributed by atoms with Crippen LogP contribution in [-0.4, -0.2) is 37.6 Å². The summed E-state index contributed by atoms with van der Waals surface area (Å²) in [6, 6.07) is 15.7. The Bertz CT molecular complexity index is 655. The van der Waals surface area contributed by atoms with Crippen molar-refractivity contribution in [3.63, 3.8) is 0 Å². The van der Waals surface area contributed by atoms with E-state index in [-0.39, 0.29) is 5.91 Å². The van der Waals surface area contributed by atoms with E-state index < -0.39 is 0 Å². The monoisotopic (exact) mass is 327 g/mol. The van der Waals surface area contributed by atoms with Gasteiger partial charge in [0.15, 0.2) is 0 Å². The number of hydrogen-bond donors (Lipinski definition) is 0. The summed E-state index contributed by atoms with van der Waals surface area (Å²) in [5, 5.41) is 0. The normalized spacial score (nSPS) is 10.3. The molecule has 0 atom stereocenters. The molecular weight excluding hydrogens is 302 g/mol. The molecule has 0 saturated carbocycles. The molecule has 128 valence electrons. The van der Waals surface area contributed by atoms with Gasteiger partial charge in [-0.15, -0.1) is 0 Å². The summed E-state index contributed by atoms with van der Waals surface area (Å²) in [6.45, 7) is 5.44. The molecule has 4 nitrogen and oxygen atoms in total. The van der Waals surface area contributed by atoms with Crippen molar-refractivity contribution in [2.24, 2.45) is 0 Å². The molecule has 2 rings (SSSR count). The van der Waals surface area contributed by atoms with Crippen LogP contribution in [0.25, 0.3) is 0 Å². The molecule has 0 radical (unpaired) electrons. The van der Waals surface area contributed by atoms with Crippen molar-refractivity contribution in [1.29, 1.82) is 0 Å². The summed E-state index contributed by atoms with van der Waals surface area (Å²) in [4.78, 5) is 13.8. The lowest BCUT2D eigenvalue weighted by molar-refractivity contribution is -0.130. The second kappa shape index (κ2) is 8.96. The number of ether oxygens (including phenoxy) is 2. The van der Waals surface area contributed by atoms with Crippen molar-refractivity contribution in [1.82, 2.24) is 4.90 Å². The van der Waals surface area contributed by atoms with Gasteiger partial charge in [-0.25, -0.2) is 0 Å². The van der Waals surface area contributed by atoms with Crippen LogP contribution in [0.3, 0.4) is 0 Å². The molecule has 0 N–H and O–H groups in total. The zero-order valence-corrected chi connectivity index (χ0v) is 14.6. The van der Waals surface area contributed by atoms with E-state index in [0.29, 0.717) is 26.2 Å². The molecule has 4 heteroatoms. The highest BCUT2D eigenvalue weighted by Crippen LogP contribution is 2.19. The van der Waals surface area contributed by atoms with Crippen LogP contribution in [0, 0.1) is 13.8 Å². The molecule has 0 fully saturated rings. The number of likely N-dealkylation sites (N-methyl/N-ethyl adjacent to an activating group) is 1. The molecule has 0 heterocycles. The standard InChI is InChI=1S/C20H25NO3/c1-16-9-10-17(2)19(15-16)24-13-11-20(22)21(3)12-14-23-18-7-5-4-6-8-18/h4-10,15H,11-14H2,1-3H3.